The lowest BCUT2D eigenvalue weighted by Crippen LogP contribution is -2.53. The fourth-order valence-electron chi connectivity index (χ4n) is 2.55. The van der Waals surface area contributed by atoms with Gasteiger partial charge in [-0.15, -0.1) is 0 Å². The van der Waals surface area contributed by atoms with Crippen molar-refractivity contribution < 1.29 is 19.0 Å². The Labute approximate surface area is 125 Å². The van der Waals surface area contributed by atoms with Crippen LogP contribution in [0, 0.1) is 5.92 Å². The van der Waals surface area contributed by atoms with Gasteiger partial charge < -0.3 is 19.5 Å². The quantitative estimate of drug-likeness (QED) is 0.746. The number of hydrogen-bond acceptors (Lipinski definition) is 5. The van der Waals surface area contributed by atoms with Crippen LogP contribution in [0.5, 0.6) is 5.75 Å². The Bertz CT molecular complexity index is 487. The number of carbonyl (C=O) groups excluding carboxylic acids is 1. The van der Waals surface area contributed by atoms with Gasteiger partial charge in [0.1, 0.15) is 5.75 Å². The second-order valence-electron chi connectivity index (χ2n) is 5.26. The molecule has 1 aromatic carbocycles. The summed E-state index contributed by atoms with van der Waals surface area (Å²) in [7, 11) is 3.22. The van der Waals surface area contributed by atoms with Gasteiger partial charge >= 0.3 is 5.97 Å². The molecule has 1 saturated carbocycles. The second-order valence-corrected chi connectivity index (χ2v) is 5.26. The maximum absolute atomic E-state index is 12.5. The lowest BCUT2D eigenvalue weighted by Gasteiger charge is -2.33. The zero-order chi connectivity index (χ0) is 15.3. The van der Waals surface area contributed by atoms with E-state index in [4.69, 9.17) is 14.2 Å². The van der Waals surface area contributed by atoms with Crippen molar-refractivity contribution in [1.29, 1.82) is 0 Å². The summed E-state index contributed by atoms with van der Waals surface area (Å²) in [4.78, 5) is 12.5. The molecule has 116 valence electrons. The molecule has 1 aliphatic rings. The molecule has 1 aromatic rings. The van der Waals surface area contributed by atoms with Gasteiger partial charge in [0.05, 0.1) is 20.3 Å². The summed E-state index contributed by atoms with van der Waals surface area (Å²) in [6.07, 6.45) is 2.00. The van der Waals surface area contributed by atoms with E-state index in [9.17, 15) is 4.79 Å². The molecular formula is C16H23NO4. The largest absolute Gasteiger partial charge is 0.497 e. The molecule has 1 aliphatic carbocycles. The highest BCUT2D eigenvalue weighted by Gasteiger charge is 2.52. The predicted octanol–water partition coefficient (Wildman–Crippen LogP) is 2.47. The van der Waals surface area contributed by atoms with Gasteiger partial charge in [0.15, 0.2) is 5.54 Å². The topological polar surface area (TPSA) is 56.8 Å². The lowest BCUT2D eigenvalue weighted by atomic mass is 9.93. The lowest BCUT2D eigenvalue weighted by molar-refractivity contribution is -0.151. The monoisotopic (exact) mass is 293 g/mol. The number of benzene rings is 1. The van der Waals surface area contributed by atoms with Crippen molar-refractivity contribution >= 4 is 11.7 Å². The van der Waals surface area contributed by atoms with Crippen molar-refractivity contribution in [3.63, 3.8) is 0 Å². The third kappa shape index (κ3) is 3.47. The molecule has 21 heavy (non-hydrogen) atoms. The molecule has 1 N–H and O–H groups in total. The van der Waals surface area contributed by atoms with Crippen molar-refractivity contribution in [2.24, 2.45) is 5.92 Å². The highest BCUT2D eigenvalue weighted by Crippen LogP contribution is 2.43. The Morgan fingerprint density at radius 3 is 2.71 bits per heavy atom. The van der Waals surface area contributed by atoms with E-state index in [1.807, 2.05) is 31.2 Å². The number of rotatable bonds is 8. The molecule has 0 aliphatic heterocycles. The van der Waals surface area contributed by atoms with Gasteiger partial charge in [0.2, 0.25) is 0 Å². The van der Waals surface area contributed by atoms with Gasteiger partial charge in [-0.3, -0.25) is 0 Å². The summed E-state index contributed by atoms with van der Waals surface area (Å²) in [6.45, 7) is 2.46. The molecule has 5 heteroatoms. The molecule has 1 atom stereocenters. The highest BCUT2D eigenvalue weighted by atomic mass is 16.5. The Morgan fingerprint density at radius 1 is 1.38 bits per heavy atom. The Hall–Kier alpha value is -1.75. The first-order valence-corrected chi connectivity index (χ1v) is 7.24. The molecule has 0 amide bonds. The predicted molar refractivity (Wildman–Crippen MR) is 80.6 cm³/mol. The summed E-state index contributed by atoms with van der Waals surface area (Å²) >= 11 is 0. The highest BCUT2D eigenvalue weighted by molar-refractivity contribution is 5.86. The third-order valence-electron chi connectivity index (χ3n) is 3.72. The van der Waals surface area contributed by atoms with Crippen LogP contribution < -0.4 is 10.1 Å². The van der Waals surface area contributed by atoms with Crippen LogP contribution in [0.3, 0.4) is 0 Å². The minimum atomic E-state index is -0.822. The normalized spacial score (nSPS) is 16.9. The van der Waals surface area contributed by atoms with Crippen LogP contribution in [0.2, 0.25) is 0 Å². The Balaban J connectivity index is 2.27. The van der Waals surface area contributed by atoms with Crippen molar-refractivity contribution in [3.8, 4) is 5.75 Å². The number of anilines is 1. The Morgan fingerprint density at radius 2 is 2.14 bits per heavy atom. The van der Waals surface area contributed by atoms with Crippen LogP contribution in [0.15, 0.2) is 24.3 Å². The van der Waals surface area contributed by atoms with Crippen LogP contribution in [0.1, 0.15) is 19.8 Å². The molecule has 0 aromatic heterocycles. The number of ether oxygens (including phenoxy) is 3. The molecule has 0 spiro atoms. The van der Waals surface area contributed by atoms with Gasteiger partial charge in [-0.2, -0.15) is 0 Å². The van der Waals surface area contributed by atoms with Crippen molar-refractivity contribution in [3.05, 3.63) is 24.3 Å². The van der Waals surface area contributed by atoms with Gasteiger partial charge in [-0.05, 0) is 37.8 Å². The summed E-state index contributed by atoms with van der Waals surface area (Å²) in [5.41, 5.74) is 0.00303. The SMILES string of the molecule is CCOC(=O)C(COC)(Nc1cccc(OC)c1)C1CC1. The number of esters is 1. The molecule has 5 nitrogen and oxygen atoms in total. The van der Waals surface area contributed by atoms with Crippen LogP contribution in [0.4, 0.5) is 5.69 Å². The summed E-state index contributed by atoms with van der Waals surface area (Å²) < 4.78 is 15.8. The first kappa shape index (κ1) is 15.6. The van der Waals surface area contributed by atoms with Crippen LogP contribution >= 0.6 is 0 Å². The van der Waals surface area contributed by atoms with E-state index in [-0.39, 0.29) is 18.5 Å². The van der Waals surface area contributed by atoms with Crippen molar-refractivity contribution in [2.75, 3.05) is 32.8 Å². The molecule has 2 rings (SSSR count). The molecule has 1 fully saturated rings. The van der Waals surface area contributed by atoms with Gasteiger partial charge in [0.25, 0.3) is 0 Å². The fraction of sp³-hybridized carbons (Fsp3) is 0.562. The average molecular weight is 293 g/mol. The minimum Gasteiger partial charge on any atom is -0.497 e. The average Bonchev–Trinajstić information content (AvgIpc) is 3.32. The van der Waals surface area contributed by atoms with E-state index >= 15 is 0 Å². The molecule has 0 bridgehead atoms. The first-order chi connectivity index (χ1) is 10.2. The van der Waals surface area contributed by atoms with E-state index in [0.717, 1.165) is 24.3 Å². The maximum atomic E-state index is 12.5. The van der Waals surface area contributed by atoms with Crippen molar-refractivity contribution in [1.82, 2.24) is 0 Å². The van der Waals surface area contributed by atoms with Crippen LogP contribution in [-0.4, -0.2) is 38.9 Å². The zero-order valence-electron chi connectivity index (χ0n) is 12.8. The van der Waals surface area contributed by atoms with Crippen molar-refractivity contribution in [2.45, 2.75) is 25.3 Å². The molecule has 0 heterocycles. The standard InChI is InChI=1S/C16H23NO4/c1-4-21-15(18)16(11-19-2,12-8-9-12)17-13-6-5-7-14(10-13)20-3/h5-7,10,12,17H,4,8-9,11H2,1-3H3. The summed E-state index contributed by atoms with van der Waals surface area (Å²) in [5, 5.41) is 3.34. The van der Waals surface area contributed by atoms with Crippen LogP contribution in [-0.2, 0) is 14.3 Å². The van der Waals surface area contributed by atoms with E-state index in [1.165, 1.54) is 0 Å². The molecule has 0 saturated heterocycles. The van der Waals surface area contributed by atoms with E-state index in [1.54, 1.807) is 14.2 Å². The summed E-state index contributed by atoms with van der Waals surface area (Å²) in [6, 6.07) is 7.53. The number of carbonyl (C=O) groups is 1. The summed E-state index contributed by atoms with van der Waals surface area (Å²) in [5.74, 6) is 0.728. The van der Waals surface area contributed by atoms with E-state index in [0.29, 0.717) is 6.61 Å². The second kappa shape index (κ2) is 6.80. The fourth-order valence-corrected chi connectivity index (χ4v) is 2.55. The maximum Gasteiger partial charge on any atom is 0.334 e. The smallest absolute Gasteiger partial charge is 0.334 e. The Kier molecular flexibility index (Phi) is 5.07. The molecular weight excluding hydrogens is 270 g/mol. The van der Waals surface area contributed by atoms with Gasteiger partial charge in [-0.1, -0.05) is 6.07 Å². The zero-order valence-corrected chi connectivity index (χ0v) is 12.8. The van der Waals surface area contributed by atoms with E-state index < -0.39 is 5.54 Å². The molecule has 0 radical (unpaired) electrons. The third-order valence-corrected chi connectivity index (χ3v) is 3.72. The van der Waals surface area contributed by atoms with Gasteiger partial charge in [-0.25, -0.2) is 4.79 Å². The number of hydrogen-bond donors (Lipinski definition) is 1. The first-order valence-electron chi connectivity index (χ1n) is 7.24. The molecule has 1 unspecified atom stereocenters. The van der Waals surface area contributed by atoms with E-state index in [2.05, 4.69) is 5.32 Å². The minimum absolute atomic E-state index is 0.239. The number of nitrogens with one attached hydrogen (secondary N) is 1. The van der Waals surface area contributed by atoms with Crippen LogP contribution in [0.25, 0.3) is 0 Å². The van der Waals surface area contributed by atoms with Gasteiger partial charge in [0, 0.05) is 18.9 Å². The number of methoxy groups -OCH3 is 2.